The fourth-order valence-electron chi connectivity index (χ4n) is 4.36. The Morgan fingerprint density at radius 1 is 1.13 bits per heavy atom. The van der Waals surface area contributed by atoms with Gasteiger partial charge in [0.1, 0.15) is 0 Å². The van der Waals surface area contributed by atoms with Gasteiger partial charge >= 0.3 is 0 Å². The molecule has 2 aliphatic heterocycles. The molecule has 0 aromatic carbocycles. The van der Waals surface area contributed by atoms with E-state index in [4.69, 9.17) is 0 Å². The van der Waals surface area contributed by atoms with Crippen LogP contribution in [0.3, 0.4) is 0 Å². The highest BCUT2D eigenvalue weighted by Crippen LogP contribution is 2.62. The van der Waals surface area contributed by atoms with Crippen LogP contribution in [0.25, 0.3) is 0 Å². The van der Waals surface area contributed by atoms with Crippen LogP contribution in [0, 0.1) is 10.8 Å². The molecule has 0 amide bonds. The lowest BCUT2D eigenvalue weighted by Gasteiger charge is -2.37. The van der Waals surface area contributed by atoms with Gasteiger partial charge in [-0.25, -0.2) is 0 Å². The molecule has 1 spiro atoms. The largest absolute Gasteiger partial charge is 0.297 e. The van der Waals surface area contributed by atoms with Crippen molar-refractivity contribution < 1.29 is 0 Å². The van der Waals surface area contributed by atoms with Crippen LogP contribution >= 0.6 is 0 Å². The molecule has 1 aliphatic carbocycles. The van der Waals surface area contributed by atoms with Gasteiger partial charge in [0.2, 0.25) is 0 Å². The molecule has 0 aromatic heterocycles. The van der Waals surface area contributed by atoms with Crippen molar-refractivity contribution in [3.8, 4) is 0 Å². The lowest BCUT2D eigenvalue weighted by atomic mass is 9.76. The average Bonchev–Trinajstić information content (AvgIpc) is 2.58. The molecule has 0 aromatic rings. The van der Waals surface area contributed by atoms with Gasteiger partial charge in [0, 0.05) is 12.1 Å². The zero-order valence-electron chi connectivity index (χ0n) is 10.6. The lowest BCUT2D eigenvalue weighted by molar-refractivity contribution is 0.129. The Bertz CT molecular complexity index is 272. The number of nitrogens with zero attached hydrogens (tertiary/aromatic N) is 1. The van der Waals surface area contributed by atoms with Gasteiger partial charge in [-0.15, -0.1) is 0 Å². The van der Waals surface area contributed by atoms with E-state index in [0.29, 0.717) is 11.0 Å². The molecule has 1 saturated carbocycles. The van der Waals surface area contributed by atoms with Gasteiger partial charge in [-0.2, -0.15) is 0 Å². The van der Waals surface area contributed by atoms with Crippen LogP contribution in [-0.2, 0) is 0 Å². The van der Waals surface area contributed by atoms with Gasteiger partial charge in [-0.1, -0.05) is 20.8 Å². The molecule has 1 unspecified atom stereocenters. The standard InChI is InChI=1S/C14H25N/c1-12(2,3)9-14-5-4-8-15(14)11-13(10-14)6-7-13/h4-11H2,1-3H3. The highest BCUT2D eigenvalue weighted by atomic mass is 15.3. The summed E-state index contributed by atoms with van der Waals surface area (Å²) in [5, 5.41) is 0. The Morgan fingerprint density at radius 2 is 1.87 bits per heavy atom. The molecule has 3 aliphatic rings. The van der Waals surface area contributed by atoms with Crippen LogP contribution in [0.15, 0.2) is 0 Å². The Kier molecular flexibility index (Phi) is 1.89. The number of fused-ring (bicyclic) bond motifs is 1. The van der Waals surface area contributed by atoms with Crippen LogP contribution in [0.4, 0.5) is 0 Å². The zero-order valence-corrected chi connectivity index (χ0v) is 10.6. The van der Waals surface area contributed by atoms with Crippen LogP contribution in [0.1, 0.15) is 59.3 Å². The minimum atomic E-state index is 0.503. The third-order valence-electron chi connectivity index (χ3n) is 4.79. The van der Waals surface area contributed by atoms with Crippen molar-refractivity contribution in [2.45, 2.75) is 64.8 Å². The third kappa shape index (κ3) is 1.63. The fraction of sp³-hybridized carbons (Fsp3) is 1.00. The van der Waals surface area contributed by atoms with E-state index in [9.17, 15) is 0 Å². The minimum Gasteiger partial charge on any atom is -0.297 e. The van der Waals surface area contributed by atoms with E-state index in [0.717, 1.165) is 5.41 Å². The second-order valence-corrected chi connectivity index (χ2v) is 7.66. The molecule has 0 N–H and O–H groups in total. The predicted octanol–water partition coefficient (Wildman–Crippen LogP) is 3.44. The molecule has 1 heteroatoms. The van der Waals surface area contributed by atoms with Crippen LogP contribution in [-0.4, -0.2) is 23.5 Å². The van der Waals surface area contributed by atoms with Crippen molar-refractivity contribution in [2.24, 2.45) is 10.8 Å². The Balaban J connectivity index is 1.82. The summed E-state index contributed by atoms with van der Waals surface area (Å²) in [4.78, 5) is 2.85. The van der Waals surface area contributed by atoms with Crippen molar-refractivity contribution in [1.29, 1.82) is 0 Å². The summed E-state index contributed by atoms with van der Waals surface area (Å²) in [5.74, 6) is 0. The molecular weight excluding hydrogens is 182 g/mol. The maximum atomic E-state index is 2.85. The second kappa shape index (κ2) is 2.80. The molecule has 3 rings (SSSR count). The van der Waals surface area contributed by atoms with Gasteiger partial charge in [0.25, 0.3) is 0 Å². The third-order valence-corrected chi connectivity index (χ3v) is 4.79. The molecule has 1 atom stereocenters. The summed E-state index contributed by atoms with van der Waals surface area (Å²) in [6.45, 7) is 10.1. The molecule has 0 bridgehead atoms. The maximum absolute atomic E-state index is 2.85. The van der Waals surface area contributed by atoms with Crippen molar-refractivity contribution in [2.75, 3.05) is 13.1 Å². The topological polar surface area (TPSA) is 3.24 Å². The molecule has 1 nitrogen and oxygen atoms in total. The predicted molar refractivity (Wildman–Crippen MR) is 63.9 cm³/mol. The average molecular weight is 207 g/mol. The lowest BCUT2D eigenvalue weighted by Crippen LogP contribution is -2.41. The van der Waals surface area contributed by atoms with Crippen molar-refractivity contribution >= 4 is 0 Å². The van der Waals surface area contributed by atoms with E-state index in [1.54, 1.807) is 0 Å². The number of hydrogen-bond acceptors (Lipinski definition) is 1. The van der Waals surface area contributed by atoms with E-state index < -0.39 is 0 Å². The fourth-order valence-corrected chi connectivity index (χ4v) is 4.36. The van der Waals surface area contributed by atoms with Crippen LogP contribution in [0.2, 0.25) is 0 Å². The molecule has 2 saturated heterocycles. The minimum absolute atomic E-state index is 0.503. The summed E-state index contributed by atoms with van der Waals surface area (Å²) >= 11 is 0. The summed E-state index contributed by atoms with van der Waals surface area (Å²) in [6, 6.07) is 0. The molecular formula is C14H25N. The van der Waals surface area contributed by atoms with Gasteiger partial charge in [-0.05, 0) is 55.9 Å². The Labute approximate surface area is 94.2 Å². The van der Waals surface area contributed by atoms with Crippen molar-refractivity contribution in [1.82, 2.24) is 4.90 Å². The van der Waals surface area contributed by atoms with E-state index in [1.165, 1.54) is 51.6 Å². The Hall–Kier alpha value is -0.0400. The first kappa shape index (κ1) is 10.1. The summed E-state index contributed by atoms with van der Waals surface area (Å²) in [5.41, 5.74) is 1.92. The van der Waals surface area contributed by atoms with Gasteiger partial charge in [-0.3, -0.25) is 4.90 Å². The molecule has 0 radical (unpaired) electrons. The SMILES string of the molecule is CC(C)(C)CC12CCCN1CC1(CC1)C2. The van der Waals surface area contributed by atoms with Crippen molar-refractivity contribution in [3.63, 3.8) is 0 Å². The van der Waals surface area contributed by atoms with Crippen LogP contribution < -0.4 is 0 Å². The van der Waals surface area contributed by atoms with Crippen LogP contribution in [0.5, 0.6) is 0 Å². The first-order valence-electron chi connectivity index (χ1n) is 6.68. The van der Waals surface area contributed by atoms with Gasteiger partial charge in [0.15, 0.2) is 0 Å². The number of rotatable bonds is 1. The van der Waals surface area contributed by atoms with E-state index >= 15 is 0 Å². The highest BCUT2D eigenvalue weighted by Gasteiger charge is 2.60. The van der Waals surface area contributed by atoms with E-state index in [1.807, 2.05) is 0 Å². The van der Waals surface area contributed by atoms with E-state index in [2.05, 4.69) is 25.7 Å². The van der Waals surface area contributed by atoms with Gasteiger partial charge in [0.05, 0.1) is 0 Å². The summed E-state index contributed by atoms with van der Waals surface area (Å²) < 4.78 is 0. The van der Waals surface area contributed by atoms with E-state index in [-0.39, 0.29) is 0 Å². The first-order chi connectivity index (χ1) is 6.93. The first-order valence-corrected chi connectivity index (χ1v) is 6.68. The monoisotopic (exact) mass is 207 g/mol. The second-order valence-electron chi connectivity index (χ2n) is 7.66. The molecule has 3 fully saturated rings. The highest BCUT2D eigenvalue weighted by molar-refractivity contribution is 5.14. The molecule has 86 valence electrons. The zero-order chi connectivity index (χ0) is 10.7. The Morgan fingerprint density at radius 3 is 2.47 bits per heavy atom. The van der Waals surface area contributed by atoms with Crippen molar-refractivity contribution in [3.05, 3.63) is 0 Å². The normalized spacial score (nSPS) is 38.6. The number of hydrogen-bond donors (Lipinski definition) is 0. The maximum Gasteiger partial charge on any atom is 0.0221 e. The summed E-state index contributed by atoms with van der Waals surface area (Å²) in [7, 11) is 0. The quantitative estimate of drug-likeness (QED) is 0.636. The molecule has 15 heavy (non-hydrogen) atoms. The smallest absolute Gasteiger partial charge is 0.0221 e. The summed E-state index contributed by atoms with van der Waals surface area (Å²) in [6.07, 6.45) is 8.92. The van der Waals surface area contributed by atoms with Gasteiger partial charge < -0.3 is 0 Å². The molecule has 2 heterocycles.